The SMILES string of the molecule is CCCSCCC(=O)NC(C)(COCC(=O)NC(C)(COCc1cn(CCCSCCC(=O)NC(CO)(CO)CO)nn1)COCc1cn(CCCSCCC(=O)NC(CO)(CO)CO)nn1)COCC(=O)NC(C)(COCc1cn(CCCSCCC(=O)NC(CO)(CO)CO)nn1)COCc1cn(CCCSCCC(=O)NC(CO)(CO)CO)nn1. The molecule has 0 aromatic carbocycles. The summed E-state index contributed by atoms with van der Waals surface area (Å²) in [5.41, 5.74) is -7.75. The fourth-order valence-corrected chi connectivity index (χ4v) is 15.4. The van der Waals surface area contributed by atoms with E-state index in [4.69, 9.17) is 28.4 Å². The fraction of sp³-hybridized carbons (Fsp3) is 0.797. The molecule has 4 aromatic heterocycles. The van der Waals surface area contributed by atoms with E-state index < -0.39 is 167 Å². The van der Waals surface area contributed by atoms with Crippen LogP contribution in [0.1, 0.15) is 115 Å². The summed E-state index contributed by atoms with van der Waals surface area (Å²) < 4.78 is 43.4. The minimum atomic E-state index is -1.50. The molecule has 0 saturated heterocycles. The van der Waals surface area contributed by atoms with Gasteiger partial charge < -0.3 is 127 Å². The van der Waals surface area contributed by atoms with Crippen LogP contribution in [0.15, 0.2) is 24.8 Å². The van der Waals surface area contributed by atoms with Crippen LogP contribution in [0.5, 0.6) is 0 Å². The van der Waals surface area contributed by atoms with Crippen molar-refractivity contribution in [2.24, 2.45) is 0 Å². The van der Waals surface area contributed by atoms with Crippen molar-refractivity contribution in [2.45, 2.75) is 183 Å². The van der Waals surface area contributed by atoms with Crippen LogP contribution in [0.25, 0.3) is 0 Å². The van der Waals surface area contributed by atoms with Gasteiger partial charge >= 0.3 is 0 Å². The first-order valence-corrected chi connectivity index (χ1v) is 46.3. The Balaban J connectivity index is 1.42. The van der Waals surface area contributed by atoms with Crippen molar-refractivity contribution in [1.82, 2.24) is 97.2 Å². The summed E-state index contributed by atoms with van der Waals surface area (Å²) in [6.45, 7) is -0.265. The average molecular weight is 1850 g/mol. The molecule has 0 atom stereocenters. The van der Waals surface area contributed by atoms with E-state index in [0.29, 0.717) is 126 Å². The second kappa shape index (κ2) is 60.6. The monoisotopic (exact) mass is 1850 g/mol. The zero-order chi connectivity index (χ0) is 90.3. The summed E-state index contributed by atoms with van der Waals surface area (Å²) in [7, 11) is 0. The summed E-state index contributed by atoms with van der Waals surface area (Å²) in [5, 5.41) is 167. The van der Waals surface area contributed by atoms with Crippen molar-refractivity contribution in [1.29, 1.82) is 0 Å². The van der Waals surface area contributed by atoms with E-state index in [0.717, 1.165) is 12.2 Å². The molecule has 44 nitrogen and oxygen atoms in total. The van der Waals surface area contributed by atoms with Crippen LogP contribution in [0, 0.1) is 0 Å². The number of aliphatic hydroxyl groups excluding tert-OH is 12. The predicted molar refractivity (Wildman–Crippen MR) is 457 cm³/mol. The van der Waals surface area contributed by atoms with Gasteiger partial charge in [-0.25, -0.2) is 0 Å². The van der Waals surface area contributed by atoms with E-state index >= 15 is 0 Å². The molecule has 4 heterocycles. The molecule has 0 bridgehead atoms. The van der Waals surface area contributed by atoms with Crippen molar-refractivity contribution in [3.63, 3.8) is 0 Å². The predicted octanol–water partition coefficient (Wildman–Crippen LogP) is -5.21. The summed E-state index contributed by atoms with van der Waals surface area (Å²) >= 11 is 7.70. The molecule has 0 fully saturated rings. The highest BCUT2D eigenvalue weighted by atomic mass is 32.2. The third-order valence-corrected chi connectivity index (χ3v) is 23.8. The van der Waals surface area contributed by atoms with Gasteiger partial charge in [0.25, 0.3) is 0 Å². The Morgan fingerprint density at radius 3 is 0.724 bits per heavy atom. The van der Waals surface area contributed by atoms with Crippen molar-refractivity contribution in [3.05, 3.63) is 47.6 Å². The first-order chi connectivity index (χ1) is 59.1. The fourth-order valence-electron chi connectivity index (χ4n) is 11.1. The largest absolute Gasteiger partial charge is 0.394 e. The molecule has 123 heavy (non-hydrogen) atoms. The molecule has 0 saturated carbocycles. The molecule has 4 rings (SSSR count). The van der Waals surface area contributed by atoms with Gasteiger partial charge in [0.2, 0.25) is 41.4 Å². The Kier molecular flexibility index (Phi) is 53.8. The molecular formula is C74H131N19O25S5. The van der Waals surface area contributed by atoms with Crippen LogP contribution in [-0.4, -0.2) is 391 Å². The molecule has 7 amide bonds. The van der Waals surface area contributed by atoms with E-state index in [1.165, 1.54) is 47.0 Å². The van der Waals surface area contributed by atoms with Crippen LogP contribution in [0.3, 0.4) is 0 Å². The van der Waals surface area contributed by atoms with E-state index in [2.05, 4.69) is 78.5 Å². The maximum atomic E-state index is 14.1. The van der Waals surface area contributed by atoms with Gasteiger partial charge in [-0.05, 0) is 81.6 Å². The van der Waals surface area contributed by atoms with Gasteiger partial charge in [0.1, 0.15) is 58.1 Å². The number of carbonyl (C=O) groups excluding carboxylic acids is 7. The summed E-state index contributed by atoms with van der Waals surface area (Å²) in [4.78, 5) is 91.4. The third-order valence-electron chi connectivity index (χ3n) is 18.3. The highest BCUT2D eigenvalue weighted by Crippen LogP contribution is 2.19. The number of aryl methyl sites for hydroxylation is 4. The molecule has 0 aliphatic heterocycles. The number of rotatable bonds is 76. The molecule has 0 unspecified atom stereocenters. The first-order valence-electron chi connectivity index (χ1n) is 40.5. The average Bonchev–Trinajstić information content (AvgIpc) is 1.77. The lowest BCUT2D eigenvalue weighted by atomic mass is 10.0. The number of hydrogen-bond acceptors (Lipinski definition) is 38. The molecule has 49 heteroatoms. The topological polar surface area (TPSA) is 625 Å². The lowest BCUT2D eigenvalue weighted by Gasteiger charge is -2.32. The standard InChI is InChI=1S/C74H131N19O25S5/c1-5-19-119-24-10-61(106)75-68(2,55-117-37-66(111)76-69(3,51-113-33-57-29-90(86-82-57)15-6-20-120-25-11-62(107)78-71(39-94,40-95)41-96)52-114-34-58-30-91(87-83-58)16-7-21-121-26-12-63(108)79-72(42-97,43-98)44-99)56-118-38-67(112)77-70(4,53-115-35-59-31-92(88-84-59)17-8-22-122-27-13-64(109)80-73(45-100,46-101)47-102)54-116-36-60-32-93(89-85-60)18-9-23-123-28-14-65(110)81-74(48-103,49-104)50-105/h29-32,94-105H,5-28,33-56H2,1-4H3,(H,75,106)(H,76,111)(H,77,112)(H,78,107)(H,79,108)(H,80,109)(H,81,110). The van der Waals surface area contributed by atoms with Gasteiger partial charge in [-0.2, -0.15) is 58.8 Å². The van der Waals surface area contributed by atoms with Crippen LogP contribution in [0.4, 0.5) is 0 Å². The number of nitrogens with one attached hydrogen (secondary N) is 7. The zero-order valence-corrected chi connectivity index (χ0v) is 74.9. The molecule has 702 valence electrons. The van der Waals surface area contributed by atoms with Gasteiger partial charge in [-0.1, -0.05) is 27.8 Å². The highest BCUT2D eigenvalue weighted by molar-refractivity contribution is 8.00. The number of carbonyl (C=O) groups is 7. The zero-order valence-electron chi connectivity index (χ0n) is 70.8. The molecule has 0 aliphatic rings. The number of amides is 7. The number of ether oxygens (including phenoxy) is 6. The van der Waals surface area contributed by atoms with Gasteiger partial charge in [0, 0.05) is 87.0 Å². The van der Waals surface area contributed by atoms with Crippen LogP contribution in [0.2, 0.25) is 0 Å². The number of nitrogens with zero attached hydrogens (tertiary/aromatic N) is 12. The molecule has 0 spiro atoms. The minimum absolute atomic E-state index is 0.00836. The normalized spacial score (nSPS) is 12.4. The quantitative estimate of drug-likeness (QED) is 0.0184. The molecule has 19 N–H and O–H groups in total. The third kappa shape index (κ3) is 44.0. The van der Waals surface area contributed by atoms with Crippen molar-refractivity contribution in [3.8, 4) is 0 Å². The molecule has 0 radical (unpaired) electrons. The Bertz CT molecular complexity index is 3190. The van der Waals surface area contributed by atoms with E-state index in [-0.39, 0.29) is 104 Å². The second-order valence-corrected chi connectivity index (χ2v) is 36.7. The maximum absolute atomic E-state index is 14.1. The lowest BCUT2D eigenvalue weighted by molar-refractivity contribution is -0.133. The first kappa shape index (κ1) is 109. The van der Waals surface area contributed by atoms with Gasteiger partial charge in [0.15, 0.2) is 0 Å². The second-order valence-electron chi connectivity index (χ2n) is 30.6. The van der Waals surface area contributed by atoms with Crippen molar-refractivity contribution >= 4 is 100 Å². The molecule has 4 aromatic rings. The Hall–Kier alpha value is -6.12. The van der Waals surface area contributed by atoms with E-state index in [1.807, 2.05) is 6.92 Å². The van der Waals surface area contributed by atoms with Crippen LogP contribution < -0.4 is 37.2 Å². The maximum Gasteiger partial charge on any atom is 0.246 e. The van der Waals surface area contributed by atoms with Gasteiger partial charge in [0.05, 0.1) is 187 Å². The van der Waals surface area contributed by atoms with Crippen molar-refractivity contribution in [2.75, 3.05) is 190 Å². The summed E-state index contributed by atoms with van der Waals surface area (Å²) in [5.74, 6) is 2.75. The molecular weight excluding hydrogens is 1720 g/mol. The lowest BCUT2D eigenvalue weighted by Crippen LogP contribution is -2.57. The van der Waals surface area contributed by atoms with E-state index in [1.54, 1.807) is 76.0 Å². The Morgan fingerprint density at radius 2 is 0.504 bits per heavy atom. The van der Waals surface area contributed by atoms with Gasteiger partial charge in [-0.3, -0.25) is 52.3 Å². The van der Waals surface area contributed by atoms with E-state index in [9.17, 15) is 94.8 Å². The number of hydrogen-bond donors (Lipinski definition) is 19. The Morgan fingerprint density at radius 1 is 0.301 bits per heavy atom. The van der Waals surface area contributed by atoms with Gasteiger partial charge in [-0.15, -0.1) is 20.4 Å². The smallest absolute Gasteiger partial charge is 0.246 e. The van der Waals surface area contributed by atoms with Crippen molar-refractivity contribution < 1.29 is 123 Å². The number of thioether (sulfide) groups is 5. The Labute approximate surface area is 737 Å². The highest BCUT2D eigenvalue weighted by Gasteiger charge is 2.36. The number of aliphatic hydroxyl groups is 12. The summed E-state index contributed by atoms with van der Waals surface area (Å²) in [6.07, 6.45) is 11.1. The van der Waals surface area contributed by atoms with Crippen LogP contribution in [-0.2, 0) is 115 Å². The molecule has 0 aliphatic carbocycles. The van der Waals surface area contributed by atoms with Crippen LogP contribution >= 0.6 is 58.8 Å². The minimum Gasteiger partial charge on any atom is -0.394 e. The summed E-state index contributed by atoms with van der Waals surface area (Å²) in [6, 6.07) is 0. The number of aromatic nitrogens is 12.